The second-order valence-corrected chi connectivity index (χ2v) is 6.69. The Labute approximate surface area is 128 Å². The third-order valence-corrected chi connectivity index (χ3v) is 5.84. The van der Waals surface area contributed by atoms with Gasteiger partial charge in [0.15, 0.2) is 0 Å². The molecule has 0 atom stereocenters. The maximum Gasteiger partial charge on any atom is 0.0220 e. The molecule has 1 spiro atoms. The van der Waals surface area contributed by atoms with Gasteiger partial charge in [0.25, 0.3) is 0 Å². The molecule has 0 fully saturated rings. The molecule has 2 aliphatic carbocycles. The summed E-state index contributed by atoms with van der Waals surface area (Å²) in [4.78, 5) is 0. The summed E-state index contributed by atoms with van der Waals surface area (Å²) in [5.41, 5.74) is 10.2. The minimum atomic E-state index is 0.337. The molecule has 0 nitrogen and oxygen atoms in total. The highest BCUT2D eigenvalue weighted by Gasteiger charge is 2.46. The predicted molar refractivity (Wildman–Crippen MR) is 89.1 cm³/mol. The van der Waals surface area contributed by atoms with Gasteiger partial charge in [-0.2, -0.15) is 0 Å². The van der Waals surface area contributed by atoms with Gasteiger partial charge in [-0.1, -0.05) is 50.2 Å². The van der Waals surface area contributed by atoms with Crippen LogP contribution in [0.3, 0.4) is 0 Å². The number of hydrogen-bond donors (Lipinski definition) is 0. The van der Waals surface area contributed by atoms with Gasteiger partial charge in [0, 0.05) is 5.41 Å². The molecule has 0 saturated carbocycles. The standard InChI is InChI=1S/C21H24/c1-3-15-7-5-9-17-11-13-21(19(15)17)14-12-18-10-6-8-16(4-2)20(18)21/h5-10H,3-4,11-14H2,1-2H3. The normalized spacial score (nSPS) is 18.0. The Balaban J connectivity index is 2.00. The van der Waals surface area contributed by atoms with Crippen LogP contribution in [0, 0.1) is 0 Å². The second-order valence-electron chi connectivity index (χ2n) is 6.69. The summed E-state index contributed by atoms with van der Waals surface area (Å²) >= 11 is 0. The van der Waals surface area contributed by atoms with Gasteiger partial charge >= 0.3 is 0 Å². The molecule has 0 aliphatic heterocycles. The molecule has 0 aromatic heterocycles. The number of rotatable bonds is 2. The smallest absolute Gasteiger partial charge is 0.0220 e. The van der Waals surface area contributed by atoms with Gasteiger partial charge in [-0.05, 0) is 71.9 Å². The summed E-state index contributed by atoms with van der Waals surface area (Å²) in [7, 11) is 0. The number of aryl methyl sites for hydroxylation is 4. The van der Waals surface area contributed by atoms with Crippen molar-refractivity contribution in [1.29, 1.82) is 0 Å². The molecule has 0 amide bonds. The van der Waals surface area contributed by atoms with Gasteiger partial charge in [0.05, 0.1) is 0 Å². The third kappa shape index (κ3) is 1.68. The molecular formula is C21H24. The maximum absolute atomic E-state index is 2.37. The Morgan fingerprint density at radius 2 is 1.24 bits per heavy atom. The van der Waals surface area contributed by atoms with Gasteiger partial charge in [0.2, 0.25) is 0 Å². The molecule has 0 heteroatoms. The largest absolute Gasteiger partial charge is 0.0617 e. The van der Waals surface area contributed by atoms with Crippen LogP contribution in [0.5, 0.6) is 0 Å². The van der Waals surface area contributed by atoms with Crippen LogP contribution in [0.2, 0.25) is 0 Å². The lowest BCUT2D eigenvalue weighted by atomic mass is 9.72. The minimum Gasteiger partial charge on any atom is -0.0617 e. The molecule has 108 valence electrons. The molecule has 2 aliphatic rings. The summed E-state index contributed by atoms with van der Waals surface area (Å²) in [6.45, 7) is 4.62. The summed E-state index contributed by atoms with van der Waals surface area (Å²) in [5, 5.41) is 0. The van der Waals surface area contributed by atoms with E-state index in [-0.39, 0.29) is 0 Å². The Hall–Kier alpha value is -1.56. The topological polar surface area (TPSA) is 0 Å². The SMILES string of the molecule is CCc1cccc2c1C1(CC2)CCc2cccc(CC)c21. The quantitative estimate of drug-likeness (QED) is 0.725. The zero-order valence-corrected chi connectivity index (χ0v) is 13.2. The lowest BCUT2D eigenvalue weighted by Gasteiger charge is -2.30. The molecule has 0 bridgehead atoms. The minimum absolute atomic E-state index is 0.337. The Morgan fingerprint density at radius 3 is 1.67 bits per heavy atom. The van der Waals surface area contributed by atoms with E-state index in [1.54, 1.807) is 33.4 Å². The van der Waals surface area contributed by atoms with Crippen molar-refractivity contribution in [3.05, 3.63) is 69.8 Å². The van der Waals surface area contributed by atoms with Gasteiger partial charge < -0.3 is 0 Å². The molecular weight excluding hydrogens is 252 g/mol. The van der Waals surface area contributed by atoms with E-state index >= 15 is 0 Å². The number of benzene rings is 2. The highest BCUT2D eigenvalue weighted by Crippen LogP contribution is 2.54. The number of fused-ring (bicyclic) bond motifs is 4. The van der Waals surface area contributed by atoms with Gasteiger partial charge in [-0.3, -0.25) is 0 Å². The van der Waals surface area contributed by atoms with Gasteiger partial charge in [0.1, 0.15) is 0 Å². The molecule has 21 heavy (non-hydrogen) atoms. The van der Waals surface area contributed by atoms with E-state index in [1.807, 2.05) is 0 Å². The molecule has 0 heterocycles. The van der Waals surface area contributed by atoms with Crippen LogP contribution in [0.25, 0.3) is 0 Å². The van der Waals surface area contributed by atoms with E-state index in [0.717, 1.165) is 12.8 Å². The first-order valence-electron chi connectivity index (χ1n) is 8.52. The van der Waals surface area contributed by atoms with Crippen molar-refractivity contribution < 1.29 is 0 Å². The Morgan fingerprint density at radius 1 is 0.762 bits per heavy atom. The lowest BCUT2D eigenvalue weighted by Crippen LogP contribution is -2.24. The zero-order chi connectivity index (χ0) is 14.4. The highest BCUT2D eigenvalue weighted by molar-refractivity contribution is 5.58. The molecule has 0 unspecified atom stereocenters. The van der Waals surface area contributed by atoms with Crippen LogP contribution in [-0.4, -0.2) is 0 Å². The van der Waals surface area contributed by atoms with E-state index in [2.05, 4.69) is 50.2 Å². The van der Waals surface area contributed by atoms with E-state index in [1.165, 1.54) is 25.7 Å². The summed E-state index contributed by atoms with van der Waals surface area (Å²) in [6.07, 6.45) is 7.50. The lowest BCUT2D eigenvalue weighted by molar-refractivity contribution is 0.500. The monoisotopic (exact) mass is 276 g/mol. The highest BCUT2D eigenvalue weighted by atomic mass is 14.5. The van der Waals surface area contributed by atoms with Crippen LogP contribution >= 0.6 is 0 Å². The van der Waals surface area contributed by atoms with Crippen molar-refractivity contribution >= 4 is 0 Å². The van der Waals surface area contributed by atoms with Crippen molar-refractivity contribution in [3.8, 4) is 0 Å². The average molecular weight is 276 g/mol. The second kappa shape index (κ2) is 4.73. The van der Waals surface area contributed by atoms with Crippen LogP contribution in [-0.2, 0) is 31.1 Å². The van der Waals surface area contributed by atoms with Crippen LogP contribution in [0.4, 0.5) is 0 Å². The van der Waals surface area contributed by atoms with Gasteiger partial charge in [-0.15, -0.1) is 0 Å². The molecule has 0 radical (unpaired) electrons. The van der Waals surface area contributed by atoms with Crippen molar-refractivity contribution in [1.82, 2.24) is 0 Å². The molecule has 4 rings (SSSR count). The first-order chi connectivity index (χ1) is 10.3. The molecule has 2 aromatic rings. The maximum atomic E-state index is 2.37. The third-order valence-electron chi connectivity index (χ3n) is 5.84. The van der Waals surface area contributed by atoms with E-state index in [4.69, 9.17) is 0 Å². The van der Waals surface area contributed by atoms with E-state index in [9.17, 15) is 0 Å². The molecule has 0 saturated heterocycles. The van der Waals surface area contributed by atoms with Crippen LogP contribution < -0.4 is 0 Å². The summed E-state index contributed by atoms with van der Waals surface area (Å²) < 4.78 is 0. The molecule has 2 aromatic carbocycles. The average Bonchev–Trinajstić information content (AvgIpc) is 3.10. The summed E-state index contributed by atoms with van der Waals surface area (Å²) in [6, 6.07) is 14.0. The first-order valence-corrected chi connectivity index (χ1v) is 8.52. The zero-order valence-electron chi connectivity index (χ0n) is 13.2. The van der Waals surface area contributed by atoms with E-state index in [0.29, 0.717) is 5.41 Å². The number of hydrogen-bond acceptors (Lipinski definition) is 0. The van der Waals surface area contributed by atoms with Gasteiger partial charge in [-0.25, -0.2) is 0 Å². The molecule has 0 N–H and O–H groups in total. The fourth-order valence-electron chi connectivity index (χ4n) is 4.99. The van der Waals surface area contributed by atoms with Crippen molar-refractivity contribution in [2.45, 2.75) is 57.8 Å². The fourth-order valence-corrected chi connectivity index (χ4v) is 4.99. The van der Waals surface area contributed by atoms with E-state index < -0.39 is 0 Å². The fraction of sp³-hybridized carbons (Fsp3) is 0.429. The summed E-state index contributed by atoms with van der Waals surface area (Å²) in [5.74, 6) is 0. The van der Waals surface area contributed by atoms with Crippen LogP contribution in [0.1, 0.15) is 60.1 Å². The van der Waals surface area contributed by atoms with Crippen molar-refractivity contribution in [2.24, 2.45) is 0 Å². The van der Waals surface area contributed by atoms with Crippen LogP contribution in [0.15, 0.2) is 36.4 Å². The van der Waals surface area contributed by atoms with Crippen molar-refractivity contribution in [3.63, 3.8) is 0 Å². The van der Waals surface area contributed by atoms with Crippen molar-refractivity contribution in [2.75, 3.05) is 0 Å². The first kappa shape index (κ1) is 13.1. The predicted octanol–water partition coefficient (Wildman–Crippen LogP) is 4.99. The Kier molecular flexibility index (Phi) is 2.96. The Bertz CT molecular complexity index is 632.